The van der Waals surface area contributed by atoms with Crippen LogP contribution in [0.3, 0.4) is 0 Å². The molecule has 25 heavy (non-hydrogen) atoms. The first-order valence-electron chi connectivity index (χ1n) is 8.12. The molecular weight excluding hydrogens is 312 g/mol. The molecule has 1 atom stereocenters. The Morgan fingerprint density at radius 2 is 1.76 bits per heavy atom. The maximum Gasteiger partial charge on any atom is 0.340 e. The summed E-state index contributed by atoms with van der Waals surface area (Å²) in [6.07, 6.45) is 3.03. The minimum Gasteiger partial charge on any atom is -0.454 e. The van der Waals surface area contributed by atoms with Crippen molar-refractivity contribution in [3.63, 3.8) is 0 Å². The van der Waals surface area contributed by atoms with Crippen LogP contribution in [-0.2, 0) is 4.74 Å². The minimum atomic E-state index is -0.399. The zero-order valence-electron chi connectivity index (χ0n) is 13.7. The first-order valence-corrected chi connectivity index (χ1v) is 8.12. The lowest BCUT2D eigenvalue weighted by Gasteiger charge is -2.14. The average Bonchev–Trinajstić information content (AvgIpc) is 2.67. The van der Waals surface area contributed by atoms with E-state index < -0.39 is 6.10 Å². The van der Waals surface area contributed by atoms with Crippen LogP contribution in [0.15, 0.2) is 73.1 Å². The lowest BCUT2D eigenvalue weighted by atomic mass is 10.1. The molecule has 2 heterocycles. The van der Waals surface area contributed by atoms with Crippen molar-refractivity contribution in [2.75, 3.05) is 0 Å². The maximum atomic E-state index is 12.6. The van der Waals surface area contributed by atoms with E-state index in [9.17, 15) is 4.79 Å². The summed E-state index contributed by atoms with van der Waals surface area (Å²) in [7, 11) is 0. The third-order valence-corrected chi connectivity index (χ3v) is 4.22. The van der Waals surface area contributed by atoms with Gasteiger partial charge in [0.1, 0.15) is 6.10 Å². The molecule has 2 aromatic heterocycles. The van der Waals surface area contributed by atoms with Gasteiger partial charge in [0, 0.05) is 28.7 Å². The molecule has 0 saturated heterocycles. The number of fused-ring (bicyclic) bond motifs is 2. The van der Waals surface area contributed by atoms with Gasteiger partial charge in [-0.1, -0.05) is 36.4 Å². The Balaban J connectivity index is 1.62. The van der Waals surface area contributed by atoms with Gasteiger partial charge in [0.2, 0.25) is 0 Å². The number of aromatic nitrogens is 2. The van der Waals surface area contributed by atoms with Gasteiger partial charge in [-0.05, 0) is 31.2 Å². The highest BCUT2D eigenvalue weighted by atomic mass is 16.5. The van der Waals surface area contributed by atoms with Crippen LogP contribution in [0.4, 0.5) is 0 Å². The lowest BCUT2D eigenvalue weighted by molar-refractivity contribution is 0.0339. The van der Waals surface area contributed by atoms with Crippen molar-refractivity contribution in [1.82, 2.24) is 9.97 Å². The van der Waals surface area contributed by atoms with Crippen LogP contribution in [0.2, 0.25) is 0 Å². The number of carbonyl (C=O) groups excluding carboxylic acids is 1. The summed E-state index contributed by atoms with van der Waals surface area (Å²) in [5.41, 5.74) is 2.90. The second-order valence-electron chi connectivity index (χ2n) is 5.89. The zero-order valence-corrected chi connectivity index (χ0v) is 13.7. The molecular formula is C21H16N2O2. The second kappa shape index (κ2) is 6.32. The fourth-order valence-electron chi connectivity index (χ4n) is 2.87. The Kier molecular flexibility index (Phi) is 3.86. The topological polar surface area (TPSA) is 52.1 Å². The molecule has 4 aromatic rings. The predicted octanol–water partition coefficient (Wildman–Crippen LogP) is 4.70. The molecule has 1 unspecified atom stereocenters. The van der Waals surface area contributed by atoms with Gasteiger partial charge < -0.3 is 4.74 Å². The molecule has 0 amide bonds. The van der Waals surface area contributed by atoms with Crippen LogP contribution in [0.1, 0.15) is 28.9 Å². The minimum absolute atomic E-state index is 0.384. The van der Waals surface area contributed by atoms with Crippen molar-refractivity contribution in [3.8, 4) is 0 Å². The van der Waals surface area contributed by atoms with Crippen molar-refractivity contribution in [2.45, 2.75) is 13.0 Å². The van der Waals surface area contributed by atoms with Crippen molar-refractivity contribution in [3.05, 3.63) is 84.2 Å². The summed E-state index contributed by atoms with van der Waals surface area (Å²) < 4.78 is 5.66. The molecule has 2 aromatic carbocycles. The molecule has 0 N–H and O–H groups in total. The molecule has 0 bridgehead atoms. The maximum absolute atomic E-state index is 12.6. The van der Waals surface area contributed by atoms with E-state index in [2.05, 4.69) is 9.97 Å². The highest BCUT2D eigenvalue weighted by Gasteiger charge is 2.17. The number of rotatable bonds is 3. The quantitative estimate of drug-likeness (QED) is 0.511. The average molecular weight is 328 g/mol. The number of para-hydroxylation sites is 2. The van der Waals surface area contributed by atoms with Crippen LogP contribution in [0, 0.1) is 0 Å². The zero-order chi connectivity index (χ0) is 17.2. The van der Waals surface area contributed by atoms with Crippen molar-refractivity contribution >= 4 is 27.8 Å². The Morgan fingerprint density at radius 1 is 0.960 bits per heavy atom. The van der Waals surface area contributed by atoms with Gasteiger partial charge in [0.15, 0.2) is 0 Å². The normalized spacial score (nSPS) is 12.2. The van der Waals surface area contributed by atoms with E-state index in [0.717, 1.165) is 21.9 Å². The number of hydrogen-bond donors (Lipinski definition) is 0. The fraction of sp³-hybridized carbons (Fsp3) is 0.0952. The van der Waals surface area contributed by atoms with E-state index in [4.69, 9.17) is 4.74 Å². The first kappa shape index (κ1) is 15.3. The number of benzene rings is 2. The molecule has 0 saturated carbocycles. The molecule has 4 rings (SSSR count). The number of carbonyl (C=O) groups is 1. The van der Waals surface area contributed by atoms with E-state index in [1.165, 1.54) is 0 Å². The van der Waals surface area contributed by atoms with Crippen molar-refractivity contribution in [2.24, 2.45) is 0 Å². The summed E-state index contributed by atoms with van der Waals surface area (Å²) in [6, 6.07) is 19.1. The largest absolute Gasteiger partial charge is 0.454 e. The van der Waals surface area contributed by atoms with E-state index in [1.807, 2.05) is 61.5 Å². The van der Waals surface area contributed by atoms with Gasteiger partial charge in [0.25, 0.3) is 0 Å². The predicted molar refractivity (Wildman–Crippen MR) is 97.3 cm³/mol. The highest BCUT2D eigenvalue weighted by molar-refractivity contribution is 6.02. The Bertz CT molecular complexity index is 1070. The number of ether oxygens (including phenoxy) is 1. The highest BCUT2D eigenvalue weighted by Crippen LogP contribution is 2.23. The van der Waals surface area contributed by atoms with E-state index in [1.54, 1.807) is 18.5 Å². The lowest BCUT2D eigenvalue weighted by Crippen LogP contribution is -2.10. The van der Waals surface area contributed by atoms with Crippen molar-refractivity contribution < 1.29 is 9.53 Å². The molecule has 0 aliphatic carbocycles. The molecule has 0 spiro atoms. The number of pyridine rings is 2. The molecule has 0 aliphatic rings. The van der Waals surface area contributed by atoms with Gasteiger partial charge in [-0.25, -0.2) is 4.79 Å². The van der Waals surface area contributed by atoms with E-state index >= 15 is 0 Å². The van der Waals surface area contributed by atoms with Gasteiger partial charge in [0.05, 0.1) is 16.6 Å². The van der Waals surface area contributed by atoms with E-state index in [0.29, 0.717) is 11.1 Å². The Morgan fingerprint density at radius 3 is 2.68 bits per heavy atom. The Labute approximate surface area is 145 Å². The van der Waals surface area contributed by atoms with Gasteiger partial charge in [-0.2, -0.15) is 0 Å². The summed E-state index contributed by atoms with van der Waals surface area (Å²) in [5, 5.41) is 1.94. The summed E-state index contributed by atoms with van der Waals surface area (Å²) >= 11 is 0. The fourth-order valence-corrected chi connectivity index (χ4v) is 2.87. The SMILES string of the molecule is CC(OC(=O)c1cccc2cccnc12)c1cnc2ccccc2c1. The van der Waals surface area contributed by atoms with Crippen LogP contribution < -0.4 is 0 Å². The number of nitrogens with zero attached hydrogens (tertiary/aromatic N) is 2. The summed E-state index contributed by atoms with van der Waals surface area (Å²) in [5.74, 6) is -0.384. The number of esters is 1. The molecule has 0 radical (unpaired) electrons. The Hall–Kier alpha value is -3.27. The third kappa shape index (κ3) is 2.94. The van der Waals surface area contributed by atoms with Crippen LogP contribution >= 0.6 is 0 Å². The molecule has 4 nitrogen and oxygen atoms in total. The summed E-state index contributed by atoms with van der Waals surface area (Å²) in [6.45, 7) is 1.85. The molecule has 0 fully saturated rings. The van der Waals surface area contributed by atoms with Crippen LogP contribution in [0.5, 0.6) is 0 Å². The first-order chi connectivity index (χ1) is 12.2. The number of hydrogen-bond acceptors (Lipinski definition) is 4. The summed E-state index contributed by atoms with van der Waals surface area (Å²) in [4.78, 5) is 21.4. The monoisotopic (exact) mass is 328 g/mol. The third-order valence-electron chi connectivity index (χ3n) is 4.22. The van der Waals surface area contributed by atoms with Crippen LogP contribution in [0.25, 0.3) is 21.8 Å². The van der Waals surface area contributed by atoms with Gasteiger partial charge in [-0.3, -0.25) is 9.97 Å². The smallest absolute Gasteiger partial charge is 0.340 e. The van der Waals surface area contributed by atoms with E-state index in [-0.39, 0.29) is 5.97 Å². The molecule has 122 valence electrons. The van der Waals surface area contributed by atoms with Crippen LogP contribution in [-0.4, -0.2) is 15.9 Å². The van der Waals surface area contributed by atoms with Gasteiger partial charge in [-0.15, -0.1) is 0 Å². The molecule has 4 heteroatoms. The standard InChI is InChI=1S/C21H16N2O2/c1-14(17-12-16-6-2-3-10-19(16)23-13-17)25-21(24)18-9-4-7-15-8-5-11-22-20(15)18/h2-14H,1H3. The molecule has 0 aliphatic heterocycles. The van der Waals surface area contributed by atoms with Gasteiger partial charge >= 0.3 is 5.97 Å². The van der Waals surface area contributed by atoms with Crippen molar-refractivity contribution in [1.29, 1.82) is 0 Å². The second-order valence-corrected chi connectivity index (χ2v) is 5.89.